The highest BCUT2D eigenvalue weighted by Crippen LogP contribution is 2.37. The molecule has 1 aliphatic carbocycles. The average Bonchev–Trinajstić information content (AvgIpc) is 3.28. The largest absolute Gasteiger partial charge is 0.416 e. The van der Waals surface area contributed by atoms with Crippen LogP contribution in [0.4, 0.5) is 29.2 Å². The molecule has 0 unspecified atom stereocenters. The van der Waals surface area contributed by atoms with Crippen LogP contribution in [0.3, 0.4) is 0 Å². The molecule has 3 aromatic rings. The molecule has 5 nitrogen and oxygen atoms in total. The number of rotatable bonds is 4. The molecule has 1 aliphatic rings. The van der Waals surface area contributed by atoms with Crippen LogP contribution >= 0.6 is 0 Å². The lowest BCUT2D eigenvalue weighted by Gasteiger charge is -2.17. The van der Waals surface area contributed by atoms with Gasteiger partial charge in [0.25, 0.3) is 0 Å². The van der Waals surface area contributed by atoms with Crippen molar-refractivity contribution in [2.75, 3.05) is 5.32 Å². The second-order valence-electron chi connectivity index (χ2n) is 6.70. The molecule has 28 heavy (non-hydrogen) atoms. The lowest BCUT2D eigenvalue weighted by Crippen LogP contribution is -2.11. The van der Waals surface area contributed by atoms with Gasteiger partial charge in [0.1, 0.15) is 11.3 Å². The Morgan fingerprint density at radius 2 is 1.93 bits per heavy atom. The van der Waals surface area contributed by atoms with Gasteiger partial charge in [-0.15, -0.1) is 0 Å². The molecule has 1 aromatic carbocycles. The van der Waals surface area contributed by atoms with Gasteiger partial charge in [0, 0.05) is 6.04 Å². The summed E-state index contributed by atoms with van der Waals surface area (Å²) in [6.07, 6.45) is 2.29. The van der Waals surface area contributed by atoms with Crippen molar-refractivity contribution in [1.29, 1.82) is 0 Å². The fourth-order valence-electron chi connectivity index (χ4n) is 3.52. The van der Waals surface area contributed by atoms with Crippen molar-refractivity contribution in [3.63, 3.8) is 0 Å². The summed E-state index contributed by atoms with van der Waals surface area (Å²) in [5, 5.41) is 2.74. The highest BCUT2D eigenvalue weighted by molar-refractivity contribution is 5.76. The Morgan fingerprint density at radius 1 is 1.18 bits per heavy atom. The van der Waals surface area contributed by atoms with Crippen molar-refractivity contribution in [3.05, 3.63) is 48.2 Å². The van der Waals surface area contributed by atoms with Crippen LogP contribution in [0, 0.1) is 5.82 Å². The normalized spacial score (nSPS) is 15.3. The molecule has 0 aliphatic heterocycles. The molecule has 1 N–H and O–H groups in total. The first-order valence-electron chi connectivity index (χ1n) is 8.88. The summed E-state index contributed by atoms with van der Waals surface area (Å²) in [5.74, 6) is -0.130. The minimum Gasteiger partial charge on any atom is -0.323 e. The van der Waals surface area contributed by atoms with E-state index in [0.717, 1.165) is 37.8 Å². The lowest BCUT2D eigenvalue weighted by atomic mass is 10.2. The van der Waals surface area contributed by atoms with Gasteiger partial charge in [-0.05, 0) is 37.1 Å². The molecule has 9 heteroatoms. The van der Waals surface area contributed by atoms with Gasteiger partial charge < -0.3 is 5.32 Å². The summed E-state index contributed by atoms with van der Waals surface area (Å²) in [5.41, 5.74) is -0.200. The topological polar surface area (TPSA) is 55.6 Å². The minimum atomic E-state index is -4.57. The fourth-order valence-corrected chi connectivity index (χ4v) is 3.52. The maximum absolute atomic E-state index is 14.2. The smallest absolute Gasteiger partial charge is 0.323 e. The monoisotopic (exact) mass is 391 g/mol. The molecule has 0 radical (unpaired) electrons. The van der Waals surface area contributed by atoms with Gasteiger partial charge in [-0.3, -0.25) is 4.57 Å². The first-order valence-corrected chi connectivity index (χ1v) is 8.88. The van der Waals surface area contributed by atoms with E-state index in [0.29, 0.717) is 23.1 Å². The number of nitrogens with zero attached hydrogens (tertiary/aromatic N) is 4. The van der Waals surface area contributed by atoms with Crippen molar-refractivity contribution in [2.24, 2.45) is 0 Å². The Kier molecular flexibility index (Phi) is 4.52. The SMILES string of the molecule is C=Cc1ncc2nc(Nc3cc(C(F)(F)F)ccc3F)n(C3CCCC3)c2n1. The zero-order valence-corrected chi connectivity index (χ0v) is 14.8. The molecule has 4 rings (SSSR count). The predicted molar refractivity (Wildman–Crippen MR) is 97.6 cm³/mol. The highest BCUT2D eigenvalue weighted by atomic mass is 19.4. The Balaban J connectivity index is 1.82. The van der Waals surface area contributed by atoms with Crippen LogP contribution in [0.5, 0.6) is 0 Å². The number of aromatic nitrogens is 4. The molecule has 0 bridgehead atoms. The van der Waals surface area contributed by atoms with E-state index < -0.39 is 17.6 Å². The molecule has 0 amide bonds. The van der Waals surface area contributed by atoms with E-state index in [1.54, 1.807) is 0 Å². The first-order chi connectivity index (χ1) is 13.4. The molecule has 2 heterocycles. The van der Waals surface area contributed by atoms with E-state index >= 15 is 0 Å². The first kappa shape index (κ1) is 18.4. The fraction of sp³-hybridized carbons (Fsp3) is 0.316. The van der Waals surface area contributed by atoms with E-state index in [4.69, 9.17) is 0 Å². The minimum absolute atomic E-state index is 0.0777. The third-order valence-corrected chi connectivity index (χ3v) is 4.86. The number of benzene rings is 1. The van der Waals surface area contributed by atoms with Crippen LogP contribution in [0.2, 0.25) is 0 Å². The zero-order chi connectivity index (χ0) is 19.9. The maximum atomic E-state index is 14.2. The number of alkyl halides is 3. The number of anilines is 2. The number of nitrogens with one attached hydrogen (secondary N) is 1. The van der Waals surface area contributed by atoms with Crippen molar-refractivity contribution >= 4 is 28.9 Å². The summed E-state index contributed by atoms with van der Waals surface area (Å²) in [6, 6.07) is 2.33. The van der Waals surface area contributed by atoms with Gasteiger partial charge in [-0.2, -0.15) is 13.2 Å². The van der Waals surface area contributed by atoms with Gasteiger partial charge in [-0.1, -0.05) is 19.4 Å². The predicted octanol–water partition coefficient (Wildman–Crippen LogP) is 5.49. The Labute approximate surface area is 158 Å². The number of halogens is 4. The molecular weight excluding hydrogens is 374 g/mol. The van der Waals surface area contributed by atoms with Crippen LogP contribution in [0.1, 0.15) is 43.1 Å². The third-order valence-electron chi connectivity index (χ3n) is 4.86. The van der Waals surface area contributed by atoms with E-state index in [1.807, 2.05) is 4.57 Å². The van der Waals surface area contributed by atoms with Crippen LogP contribution in [-0.2, 0) is 6.18 Å². The molecule has 0 atom stereocenters. The van der Waals surface area contributed by atoms with E-state index in [2.05, 4.69) is 26.8 Å². The number of imidazole rings is 1. The van der Waals surface area contributed by atoms with Crippen molar-refractivity contribution < 1.29 is 17.6 Å². The molecule has 0 spiro atoms. The van der Waals surface area contributed by atoms with E-state index in [-0.39, 0.29) is 17.7 Å². The van der Waals surface area contributed by atoms with E-state index in [1.165, 1.54) is 12.3 Å². The highest BCUT2D eigenvalue weighted by Gasteiger charge is 2.31. The summed E-state index contributed by atoms with van der Waals surface area (Å²) in [4.78, 5) is 13.0. The summed E-state index contributed by atoms with van der Waals surface area (Å²) >= 11 is 0. The second-order valence-corrected chi connectivity index (χ2v) is 6.70. The molecule has 1 saturated carbocycles. The number of fused-ring (bicyclic) bond motifs is 1. The van der Waals surface area contributed by atoms with Crippen LogP contribution in [-0.4, -0.2) is 19.5 Å². The molecule has 0 saturated heterocycles. The number of hydrogen-bond acceptors (Lipinski definition) is 4. The van der Waals surface area contributed by atoms with Gasteiger partial charge in [0.15, 0.2) is 11.5 Å². The Morgan fingerprint density at radius 3 is 2.61 bits per heavy atom. The lowest BCUT2D eigenvalue weighted by molar-refractivity contribution is -0.137. The molecule has 1 fully saturated rings. The van der Waals surface area contributed by atoms with Gasteiger partial charge in [0.2, 0.25) is 5.95 Å². The molecular formula is C19H17F4N5. The van der Waals surface area contributed by atoms with Crippen LogP contribution in [0.25, 0.3) is 17.2 Å². The molecule has 2 aromatic heterocycles. The van der Waals surface area contributed by atoms with Crippen molar-refractivity contribution in [1.82, 2.24) is 19.5 Å². The van der Waals surface area contributed by atoms with Crippen molar-refractivity contribution in [2.45, 2.75) is 37.9 Å². The van der Waals surface area contributed by atoms with Gasteiger partial charge in [0.05, 0.1) is 17.4 Å². The number of hydrogen-bond donors (Lipinski definition) is 1. The molecule has 146 valence electrons. The van der Waals surface area contributed by atoms with E-state index in [9.17, 15) is 17.6 Å². The zero-order valence-electron chi connectivity index (χ0n) is 14.8. The standard InChI is InChI=1S/C19H17F4N5/c1-2-16-24-10-15-17(27-16)28(12-5-3-4-6-12)18(26-15)25-14-9-11(19(21,22)23)7-8-13(14)20/h2,7-10,12H,1,3-6H2,(H,25,26). The summed E-state index contributed by atoms with van der Waals surface area (Å²) in [7, 11) is 0. The van der Waals surface area contributed by atoms with Crippen LogP contribution < -0.4 is 5.32 Å². The maximum Gasteiger partial charge on any atom is 0.416 e. The third kappa shape index (κ3) is 3.32. The summed E-state index contributed by atoms with van der Waals surface area (Å²) in [6.45, 7) is 3.66. The Hall–Kier alpha value is -2.97. The summed E-state index contributed by atoms with van der Waals surface area (Å²) < 4.78 is 55.1. The average molecular weight is 391 g/mol. The van der Waals surface area contributed by atoms with Crippen LogP contribution in [0.15, 0.2) is 31.0 Å². The quantitative estimate of drug-likeness (QED) is 0.598. The van der Waals surface area contributed by atoms with Gasteiger partial charge >= 0.3 is 6.18 Å². The van der Waals surface area contributed by atoms with Gasteiger partial charge in [-0.25, -0.2) is 19.3 Å². The van der Waals surface area contributed by atoms with Crippen molar-refractivity contribution in [3.8, 4) is 0 Å². The second kappa shape index (κ2) is 6.88. The Bertz CT molecular complexity index is 1030.